The van der Waals surface area contributed by atoms with Crippen molar-refractivity contribution in [2.75, 3.05) is 0 Å². The third kappa shape index (κ3) is 3.28. The van der Waals surface area contributed by atoms with Gasteiger partial charge in [-0.05, 0) is 29.7 Å². The molecule has 0 fully saturated rings. The fourth-order valence-corrected chi connectivity index (χ4v) is 1.55. The lowest BCUT2D eigenvalue weighted by Crippen LogP contribution is -1.90. The number of halogens is 1. The van der Waals surface area contributed by atoms with E-state index in [1.54, 1.807) is 0 Å². The van der Waals surface area contributed by atoms with Crippen molar-refractivity contribution >= 4 is 29.3 Å². The summed E-state index contributed by atoms with van der Waals surface area (Å²) < 4.78 is 0. The fraction of sp³-hybridized carbons (Fsp3) is 0.0833. The highest BCUT2D eigenvalue weighted by Gasteiger charge is 2.05. The molecule has 0 N–H and O–H groups in total. The molecule has 19 heavy (non-hydrogen) atoms. The van der Waals surface area contributed by atoms with Crippen molar-refractivity contribution in [3.8, 4) is 0 Å². The van der Waals surface area contributed by atoms with E-state index >= 15 is 0 Å². The second-order valence-corrected chi connectivity index (χ2v) is 4.04. The summed E-state index contributed by atoms with van der Waals surface area (Å²) in [6.07, 6.45) is 2.71. The van der Waals surface area contributed by atoms with Crippen LogP contribution >= 0.6 is 11.6 Å². The summed E-state index contributed by atoms with van der Waals surface area (Å²) in [5.74, 6) is 0.151. The van der Waals surface area contributed by atoms with Gasteiger partial charge in [-0.1, -0.05) is 29.3 Å². The van der Waals surface area contributed by atoms with Gasteiger partial charge in [-0.15, -0.1) is 0 Å². The van der Waals surface area contributed by atoms with Gasteiger partial charge in [0.25, 0.3) is 0 Å². The van der Waals surface area contributed by atoms with E-state index in [0.29, 0.717) is 5.56 Å². The van der Waals surface area contributed by atoms with Gasteiger partial charge >= 0.3 is 0 Å². The maximum Gasteiger partial charge on any atom is 0.141 e. The first-order valence-electron chi connectivity index (χ1n) is 5.37. The Morgan fingerprint density at radius 1 is 1.26 bits per heavy atom. The van der Waals surface area contributed by atoms with Crippen molar-refractivity contribution in [2.24, 2.45) is 10.1 Å². The summed E-state index contributed by atoms with van der Waals surface area (Å²) in [6.45, 7) is 2.00. The zero-order valence-electron chi connectivity index (χ0n) is 10.0. The molecule has 1 aromatic carbocycles. The number of aryl methyl sites for hydroxylation is 1. The van der Waals surface area contributed by atoms with Gasteiger partial charge in [0.05, 0.1) is 11.3 Å². The number of nitrogens with zero attached hydrogens (tertiary/aromatic N) is 6. The second-order valence-electron chi connectivity index (χ2n) is 3.68. The maximum absolute atomic E-state index is 8.46. The van der Waals surface area contributed by atoms with E-state index in [2.05, 4.69) is 25.0 Å². The molecule has 0 aliphatic carbocycles. The van der Waals surface area contributed by atoms with Gasteiger partial charge in [0.1, 0.15) is 17.3 Å². The summed E-state index contributed by atoms with van der Waals surface area (Å²) in [5.41, 5.74) is 10.8. The highest BCUT2D eigenvalue weighted by Crippen LogP contribution is 2.21. The monoisotopic (exact) mass is 272 g/mol. The average molecular weight is 273 g/mol. The number of benzene rings is 1. The van der Waals surface area contributed by atoms with Crippen molar-refractivity contribution < 1.29 is 0 Å². The van der Waals surface area contributed by atoms with Gasteiger partial charge in [0.15, 0.2) is 0 Å². The Morgan fingerprint density at radius 3 is 2.68 bits per heavy atom. The van der Waals surface area contributed by atoms with E-state index in [4.69, 9.17) is 17.1 Å². The topological polar surface area (TPSA) is 86.9 Å². The number of hydrogen-bond donors (Lipinski definition) is 0. The van der Waals surface area contributed by atoms with Crippen LogP contribution in [0.5, 0.6) is 0 Å². The van der Waals surface area contributed by atoms with Crippen molar-refractivity contribution in [1.29, 1.82) is 0 Å². The highest BCUT2D eigenvalue weighted by atomic mass is 35.5. The summed E-state index contributed by atoms with van der Waals surface area (Å²) in [6, 6.07) is 7.64. The number of hydrogen-bond acceptors (Lipinski definition) is 4. The molecular weight excluding hydrogens is 264 g/mol. The lowest BCUT2D eigenvalue weighted by molar-refractivity contribution is 1.14. The molecule has 0 atom stereocenters. The first kappa shape index (κ1) is 13.0. The summed E-state index contributed by atoms with van der Waals surface area (Å²) in [7, 11) is 0. The number of aliphatic imine (C=N–C) groups is 1. The minimum absolute atomic E-state index is 0.151. The fourth-order valence-electron chi connectivity index (χ4n) is 1.37. The average Bonchev–Trinajstić information content (AvgIpc) is 2.40. The molecule has 0 amide bonds. The standard InChI is InChI=1S/C12H9ClN6/c1-8-2-4-9(5-3-8)15-6-10-11(13)16-7-17-12(10)18-19-14/h2-7H,1H3. The van der Waals surface area contributed by atoms with Gasteiger partial charge in [0.2, 0.25) is 0 Å². The molecule has 1 aromatic heterocycles. The molecule has 6 nitrogen and oxygen atoms in total. The van der Waals surface area contributed by atoms with E-state index in [-0.39, 0.29) is 11.0 Å². The molecular formula is C12H9ClN6. The number of azide groups is 1. The van der Waals surface area contributed by atoms with Gasteiger partial charge in [-0.3, -0.25) is 4.99 Å². The van der Waals surface area contributed by atoms with Crippen molar-refractivity contribution in [1.82, 2.24) is 9.97 Å². The zero-order chi connectivity index (χ0) is 13.7. The van der Waals surface area contributed by atoms with E-state index in [1.807, 2.05) is 31.2 Å². The van der Waals surface area contributed by atoms with E-state index in [9.17, 15) is 0 Å². The normalized spacial score (nSPS) is 10.4. The first-order valence-corrected chi connectivity index (χ1v) is 5.75. The lowest BCUT2D eigenvalue weighted by Gasteiger charge is -2.00. The van der Waals surface area contributed by atoms with Crippen molar-refractivity contribution in [2.45, 2.75) is 6.92 Å². The van der Waals surface area contributed by atoms with Crippen LogP contribution in [0.4, 0.5) is 11.5 Å². The van der Waals surface area contributed by atoms with Crippen LogP contribution in [-0.4, -0.2) is 16.2 Å². The Morgan fingerprint density at radius 2 is 2.00 bits per heavy atom. The molecule has 7 heteroatoms. The molecule has 0 radical (unpaired) electrons. The molecule has 0 aliphatic heterocycles. The second kappa shape index (κ2) is 5.95. The van der Waals surface area contributed by atoms with Gasteiger partial charge in [0, 0.05) is 11.1 Å². The minimum atomic E-state index is 0.151. The third-order valence-electron chi connectivity index (χ3n) is 2.33. The molecule has 1 heterocycles. The Hall–Kier alpha value is -2.43. The highest BCUT2D eigenvalue weighted by molar-refractivity contribution is 6.32. The molecule has 0 saturated heterocycles. The van der Waals surface area contributed by atoms with Crippen LogP contribution in [0.3, 0.4) is 0 Å². The molecule has 2 aromatic rings. The summed E-state index contributed by atoms with van der Waals surface area (Å²) in [4.78, 5) is 14.6. The van der Waals surface area contributed by atoms with Gasteiger partial charge in [-0.2, -0.15) is 0 Å². The smallest absolute Gasteiger partial charge is 0.141 e. The Balaban J connectivity index is 2.37. The predicted molar refractivity (Wildman–Crippen MR) is 74.3 cm³/mol. The van der Waals surface area contributed by atoms with Crippen LogP contribution < -0.4 is 0 Å². The van der Waals surface area contributed by atoms with Crippen LogP contribution in [-0.2, 0) is 0 Å². The van der Waals surface area contributed by atoms with Crippen LogP contribution in [0.15, 0.2) is 40.7 Å². The molecule has 94 valence electrons. The lowest BCUT2D eigenvalue weighted by atomic mass is 10.2. The third-order valence-corrected chi connectivity index (χ3v) is 2.63. The maximum atomic E-state index is 8.46. The molecule has 2 rings (SSSR count). The quantitative estimate of drug-likeness (QED) is 0.276. The first-order chi connectivity index (χ1) is 9.20. The van der Waals surface area contributed by atoms with Gasteiger partial charge in [-0.25, -0.2) is 9.97 Å². The Bertz CT molecular complexity index is 658. The van der Waals surface area contributed by atoms with Crippen LogP contribution in [0, 0.1) is 6.92 Å². The van der Waals surface area contributed by atoms with Crippen LogP contribution in [0.2, 0.25) is 5.15 Å². The van der Waals surface area contributed by atoms with E-state index < -0.39 is 0 Å². The van der Waals surface area contributed by atoms with Crippen LogP contribution in [0.1, 0.15) is 11.1 Å². The van der Waals surface area contributed by atoms with Gasteiger partial charge < -0.3 is 0 Å². The molecule has 0 unspecified atom stereocenters. The zero-order valence-corrected chi connectivity index (χ0v) is 10.8. The number of rotatable bonds is 3. The predicted octanol–water partition coefficient (Wildman–Crippen LogP) is 4.13. The largest absolute Gasteiger partial charge is 0.256 e. The molecule has 0 saturated carbocycles. The molecule has 0 spiro atoms. The molecule has 0 aliphatic rings. The van der Waals surface area contributed by atoms with Crippen molar-refractivity contribution in [3.05, 3.63) is 57.3 Å². The SMILES string of the molecule is Cc1ccc(N=Cc2c(Cl)ncnc2N=[N+]=[N-])cc1. The molecule has 0 bridgehead atoms. The summed E-state index contributed by atoms with van der Waals surface area (Å²) in [5, 5.41) is 3.64. The van der Waals surface area contributed by atoms with Crippen molar-refractivity contribution in [3.63, 3.8) is 0 Å². The van der Waals surface area contributed by atoms with Crippen LogP contribution in [0.25, 0.3) is 10.4 Å². The Kier molecular flexibility index (Phi) is 4.07. The Labute approximate surface area is 114 Å². The summed E-state index contributed by atoms with van der Waals surface area (Å²) >= 11 is 5.93. The van der Waals surface area contributed by atoms with E-state index in [0.717, 1.165) is 11.3 Å². The number of aromatic nitrogens is 2. The van der Waals surface area contributed by atoms with E-state index in [1.165, 1.54) is 12.5 Å². The minimum Gasteiger partial charge on any atom is -0.256 e.